The lowest BCUT2D eigenvalue weighted by Gasteiger charge is -2.30. The number of hydrogen-bond donors (Lipinski definition) is 0. The Hall–Kier alpha value is -0.610. The number of benzene rings is 1. The molecule has 0 fully saturated rings. The lowest BCUT2D eigenvalue weighted by atomic mass is 10.3. The van der Waals surface area contributed by atoms with E-state index >= 15 is 0 Å². The van der Waals surface area contributed by atoms with Gasteiger partial charge in [0.25, 0.3) is 0 Å². The average Bonchev–Trinajstić information content (AvgIpc) is 2.41. The summed E-state index contributed by atoms with van der Waals surface area (Å²) in [6.07, 6.45) is 0. The molecule has 0 aliphatic rings. The van der Waals surface area contributed by atoms with Crippen LogP contribution in [0.3, 0.4) is 0 Å². The van der Waals surface area contributed by atoms with Gasteiger partial charge in [-0.05, 0) is 36.1 Å². The van der Waals surface area contributed by atoms with Gasteiger partial charge in [0.2, 0.25) is 0 Å². The van der Waals surface area contributed by atoms with Gasteiger partial charge in [-0.1, -0.05) is 13.8 Å². The second-order valence-electron chi connectivity index (χ2n) is 3.56. The second kappa shape index (κ2) is 7.10. The molecule has 6 heteroatoms. The zero-order valence-corrected chi connectivity index (χ0v) is 13.0. The van der Waals surface area contributed by atoms with Crippen molar-refractivity contribution in [2.45, 2.75) is 13.8 Å². The Kier molecular flexibility index (Phi) is 6.09. The lowest BCUT2D eigenvalue weighted by molar-refractivity contribution is 0.314. The zero-order chi connectivity index (χ0) is 13.6. The van der Waals surface area contributed by atoms with Crippen LogP contribution in [0.4, 0.5) is 0 Å². The van der Waals surface area contributed by atoms with Gasteiger partial charge in [-0.25, -0.2) is 4.67 Å². The number of ether oxygens (including phenoxy) is 1. The van der Waals surface area contributed by atoms with Crippen molar-refractivity contribution in [1.29, 1.82) is 0 Å². The van der Waals surface area contributed by atoms with Crippen LogP contribution in [0.1, 0.15) is 13.8 Å². The Morgan fingerprint density at radius 3 is 1.94 bits per heavy atom. The van der Waals surface area contributed by atoms with E-state index in [9.17, 15) is 0 Å². The van der Waals surface area contributed by atoms with Crippen molar-refractivity contribution >= 4 is 18.4 Å². The molecule has 0 aromatic heterocycles. The molecule has 1 rings (SSSR count). The predicted molar refractivity (Wildman–Crippen MR) is 77.8 cm³/mol. The monoisotopic (exact) mass is 289 g/mol. The quantitative estimate of drug-likeness (QED) is 0.719. The normalized spacial score (nSPS) is 14.3. The number of methoxy groups -OCH3 is 1. The first-order valence-corrected chi connectivity index (χ1v) is 8.43. The van der Waals surface area contributed by atoms with Crippen LogP contribution in [0.5, 0.6) is 11.5 Å². The fourth-order valence-corrected chi connectivity index (χ4v) is 4.00. The van der Waals surface area contributed by atoms with Crippen LogP contribution >= 0.6 is 6.64 Å². The van der Waals surface area contributed by atoms with Gasteiger partial charge in [0.05, 0.1) is 7.11 Å². The first kappa shape index (κ1) is 15.4. The van der Waals surface area contributed by atoms with E-state index in [-0.39, 0.29) is 0 Å². The Labute approximate surface area is 114 Å². The molecular weight excluding hydrogens is 269 g/mol. The fraction of sp³-hybridized carbons (Fsp3) is 0.500. The summed E-state index contributed by atoms with van der Waals surface area (Å²) in [6.45, 7) is 3.26. The Morgan fingerprint density at radius 1 is 1.06 bits per heavy atom. The molecule has 0 saturated carbocycles. The molecule has 102 valence electrons. The van der Waals surface area contributed by atoms with E-state index < -0.39 is 6.64 Å². The van der Waals surface area contributed by atoms with E-state index in [0.717, 1.165) is 18.8 Å². The maximum atomic E-state index is 5.87. The van der Waals surface area contributed by atoms with Gasteiger partial charge in [0.1, 0.15) is 11.5 Å². The third kappa shape index (κ3) is 3.69. The van der Waals surface area contributed by atoms with Crippen molar-refractivity contribution in [3.8, 4) is 11.5 Å². The molecule has 1 unspecified atom stereocenters. The first-order chi connectivity index (χ1) is 8.59. The van der Waals surface area contributed by atoms with Crippen LogP contribution in [-0.2, 0) is 16.3 Å². The predicted octanol–water partition coefficient (Wildman–Crippen LogP) is 3.29. The SMILES string of the molecule is CCN(CC)P(=S)(OC)Oc1ccc(OC)cc1. The van der Waals surface area contributed by atoms with Gasteiger partial charge in [0.15, 0.2) is 0 Å². The summed E-state index contributed by atoms with van der Waals surface area (Å²) in [5, 5.41) is 0. The topological polar surface area (TPSA) is 30.9 Å². The third-order valence-electron chi connectivity index (χ3n) is 2.59. The van der Waals surface area contributed by atoms with E-state index in [1.807, 2.05) is 42.8 Å². The third-order valence-corrected chi connectivity index (χ3v) is 6.11. The maximum Gasteiger partial charge on any atom is 0.315 e. The van der Waals surface area contributed by atoms with Gasteiger partial charge in [-0.3, -0.25) is 0 Å². The molecule has 0 bridgehead atoms. The minimum absolute atomic E-state index is 0.702. The molecule has 1 atom stereocenters. The van der Waals surface area contributed by atoms with E-state index in [1.165, 1.54) is 0 Å². The smallest absolute Gasteiger partial charge is 0.315 e. The van der Waals surface area contributed by atoms with E-state index in [2.05, 4.69) is 0 Å². The lowest BCUT2D eigenvalue weighted by Crippen LogP contribution is -2.23. The number of hydrogen-bond acceptors (Lipinski definition) is 4. The highest BCUT2D eigenvalue weighted by atomic mass is 32.5. The van der Waals surface area contributed by atoms with Gasteiger partial charge in [0, 0.05) is 20.2 Å². The summed E-state index contributed by atoms with van der Waals surface area (Å²) >= 11 is 5.53. The van der Waals surface area contributed by atoms with Crippen LogP contribution in [0.15, 0.2) is 24.3 Å². The van der Waals surface area contributed by atoms with Crippen LogP contribution in [0.2, 0.25) is 0 Å². The molecule has 0 aliphatic heterocycles. The zero-order valence-electron chi connectivity index (χ0n) is 11.3. The highest BCUT2D eigenvalue weighted by Crippen LogP contribution is 2.51. The number of rotatable bonds is 7. The summed E-state index contributed by atoms with van der Waals surface area (Å²) < 4.78 is 18.4. The van der Waals surface area contributed by atoms with Gasteiger partial charge in [-0.15, -0.1) is 0 Å². The highest BCUT2D eigenvalue weighted by molar-refractivity contribution is 8.08. The Bertz CT molecular complexity index is 406. The highest BCUT2D eigenvalue weighted by Gasteiger charge is 2.26. The Morgan fingerprint density at radius 2 is 1.56 bits per heavy atom. The molecule has 1 aromatic carbocycles. The van der Waals surface area contributed by atoms with E-state index in [0.29, 0.717) is 5.75 Å². The van der Waals surface area contributed by atoms with Crippen LogP contribution in [-0.4, -0.2) is 32.0 Å². The van der Waals surface area contributed by atoms with Crippen molar-refractivity contribution in [2.24, 2.45) is 0 Å². The van der Waals surface area contributed by atoms with Gasteiger partial charge < -0.3 is 13.8 Å². The van der Waals surface area contributed by atoms with Crippen LogP contribution in [0.25, 0.3) is 0 Å². The molecule has 0 aliphatic carbocycles. The molecule has 0 amide bonds. The van der Waals surface area contributed by atoms with E-state index in [1.54, 1.807) is 14.2 Å². The second-order valence-corrected chi connectivity index (χ2v) is 6.99. The van der Waals surface area contributed by atoms with Crippen LogP contribution < -0.4 is 9.26 Å². The average molecular weight is 289 g/mol. The Balaban J connectivity index is 2.87. The summed E-state index contributed by atoms with van der Waals surface area (Å²) in [4.78, 5) is 0. The van der Waals surface area contributed by atoms with Gasteiger partial charge >= 0.3 is 6.64 Å². The first-order valence-electron chi connectivity index (χ1n) is 5.84. The summed E-state index contributed by atoms with van der Waals surface area (Å²) in [5.74, 6) is 1.49. The molecule has 0 saturated heterocycles. The molecule has 18 heavy (non-hydrogen) atoms. The molecule has 0 heterocycles. The summed E-state index contributed by atoms with van der Waals surface area (Å²) in [5.41, 5.74) is 0. The minimum atomic E-state index is -2.43. The molecular formula is C12H20NO3PS. The van der Waals surface area contributed by atoms with E-state index in [4.69, 9.17) is 25.6 Å². The number of nitrogens with zero attached hydrogens (tertiary/aromatic N) is 1. The standard InChI is InChI=1S/C12H20NO3PS/c1-5-13(6-2)17(18,15-4)16-12-9-7-11(14-3)8-10-12/h7-10H,5-6H2,1-4H3. The van der Waals surface area contributed by atoms with Crippen molar-refractivity contribution < 1.29 is 13.8 Å². The molecule has 0 radical (unpaired) electrons. The molecule has 0 spiro atoms. The molecule has 0 N–H and O–H groups in total. The van der Waals surface area contributed by atoms with Gasteiger partial charge in [-0.2, -0.15) is 0 Å². The van der Waals surface area contributed by atoms with Crippen molar-refractivity contribution in [3.63, 3.8) is 0 Å². The summed E-state index contributed by atoms with van der Waals surface area (Å²) in [6, 6.07) is 7.35. The molecule has 4 nitrogen and oxygen atoms in total. The fourth-order valence-electron chi connectivity index (χ4n) is 1.55. The van der Waals surface area contributed by atoms with Crippen molar-refractivity contribution in [1.82, 2.24) is 4.67 Å². The summed E-state index contributed by atoms with van der Waals surface area (Å²) in [7, 11) is 3.23. The van der Waals surface area contributed by atoms with Crippen LogP contribution in [0, 0.1) is 0 Å². The minimum Gasteiger partial charge on any atom is -0.497 e. The maximum absolute atomic E-state index is 5.87. The van der Waals surface area contributed by atoms with Crippen molar-refractivity contribution in [3.05, 3.63) is 24.3 Å². The largest absolute Gasteiger partial charge is 0.497 e. The molecule has 1 aromatic rings. The van der Waals surface area contributed by atoms with Crippen molar-refractivity contribution in [2.75, 3.05) is 27.3 Å².